The van der Waals surface area contributed by atoms with Gasteiger partial charge in [0.05, 0.1) is 32.3 Å². The van der Waals surface area contributed by atoms with Gasteiger partial charge in [0.15, 0.2) is 11.5 Å². The number of aryl methyl sites for hydroxylation is 1. The number of hydrogen-bond acceptors (Lipinski definition) is 7. The second kappa shape index (κ2) is 10.2. The van der Waals surface area contributed by atoms with E-state index in [1.165, 1.54) is 24.6 Å². The number of hydrogen-bond donors (Lipinski definition) is 0. The third kappa shape index (κ3) is 5.12. The molecule has 1 aliphatic heterocycles. The summed E-state index contributed by atoms with van der Waals surface area (Å²) in [5, 5.41) is 0. The van der Waals surface area contributed by atoms with Gasteiger partial charge >= 0.3 is 5.97 Å². The highest BCUT2D eigenvalue weighted by molar-refractivity contribution is 7.89. The van der Waals surface area contributed by atoms with E-state index in [-0.39, 0.29) is 18.2 Å². The normalized spacial score (nSPS) is 17.9. The van der Waals surface area contributed by atoms with Crippen LogP contribution in [0.2, 0.25) is 0 Å². The SMILES string of the molecule is COC(=O)/C=C/C(c1ccc(OC)c(OC)c1)C1CN(S(=O)(=O)c2ccc(C)cc2)CO1. The van der Waals surface area contributed by atoms with Crippen molar-refractivity contribution in [3.05, 3.63) is 65.7 Å². The molecule has 0 bridgehead atoms. The Morgan fingerprint density at radius 2 is 1.78 bits per heavy atom. The average Bonchev–Trinajstić information content (AvgIpc) is 3.30. The number of benzene rings is 2. The van der Waals surface area contributed by atoms with E-state index in [9.17, 15) is 13.2 Å². The molecule has 0 aromatic heterocycles. The van der Waals surface area contributed by atoms with E-state index >= 15 is 0 Å². The first-order valence-corrected chi connectivity index (χ1v) is 11.4. The van der Waals surface area contributed by atoms with Crippen molar-refractivity contribution < 1.29 is 32.2 Å². The Balaban J connectivity index is 1.90. The van der Waals surface area contributed by atoms with Crippen molar-refractivity contribution in [3.63, 3.8) is 0 Å². The number of sulfonamides is 1. The highest BCUT2D eigenvalue weighted by Gasteiger charge is 2.37. The predicted octanol–water partition coefficient (Wildman–Crippen LogP) is 2.87. The van der Waals surface area contributed by atoms with Crippen molar-refractivity contribution in [2.45, 2.75) is 23.8 Å². The van der Waals surface area contributed by atoms with Gasteiger partial charge in [0.2, 0.25) is 10.0 Å². The summed E-state index contributed by atoms with van der Waals surface area (Å²) in [6.07, 6.45) is 2.44. The Morgan fingerprint density at radius 3 is 2.41 bits per heavy atom. The summed E-state index contributed by atoms with van der Waals surface area (Å²) in [5.74, 6) is 0.135. The summed E-state index contributed by atoms with van der Waals surface area (Å²) in [6.45, 7) is 1.93. The van der Waals surface area contributed by atoms with Gasteiger partial charge in [-0.15, -0.1) is 0 Å². The molecule has 8 nitrogen and oxygen atoms in total. The van der Waals surface area contributed by atoms with Crippen molar-refractivity contribution in [1.82, 2.24) is 4.31 Å². The van der Waals surface area contributed by atoms with Crippen molar-refractivity contribution in [2.24, 2.45) is 0 Å². The van der Waals surface area contributed by atoms with E-state index in [0.717, 1.165) is 11.1 Å². The Hall–Kier alpha value is -2.88. The number of ether oxygens (including phenoxy) is 4. The van der Waals surface area contributed by atoms with Crippen LogP contribution < -0.4 is 9.47 Å². The van der Waals surface area contributed by atoms with Crippen LogP contribution in [0.15, 0.2) is 59.5 Å². The molecule has 0 amide bonds. The zero-order valence-corrected chi connectivity index (χ0v) is 19.3. The minimum absolute atomic E-state index is 0.0866. The lowest BCUT2D eigenvalue weighted by molar-refractivity contribution is -0.134. The Kier molecular flexibility index (Phi) is 7.55. The molecule has 0 radical (unpaired) electrons. The van der Waals surface area contributed by atoms with Crippen LogP contribution in [-0.2, 0) is 24.3 Å². The summed E-state index contributed by atoms with van der Waals surface area (Å²) < 4.78 is 48.7. The van der Waals surface area contributed by atoms with E-state index in [0.29, 0.717) is 11.5 Å². The van der Waals surface area contributed by atoms with Gasteiger partial charge in [-0.25, -0.2) is 13.2 Å². The monoisotopic (exact) mass is 461 g/mol. The molecule has 1 fully saturated rings. The zero-order valence-electron chi connectivity index (χ0n) is 18.5. The summed E-state index contributed by atoms with van der Waals surface area (Å²) >= 11 is 0. The first kappa shape index (κ1) is 23.8. The van der Waals surface area contributed by atoms with Gasteiger partial charge in [-0.2, -0.15) is 4.31 Å². The molecule has 32 heavy (non-hydrogen) atoms. The molecular formula is C23H27NO7S. The predicted molar refractivity (Wildman–Crippen MR) is 118 cm³/mol. The van der Waals surface area contributed by atoms with Crippen LogP contribution in [0.3, 0.4) is 0 Å². The summed E-state index contributed by atoms with van der Waals surface area (Å²) in [6, 6.07) is 12.0. The minimum Gasteiger partial charge on any atom is -0.493 e. The number of esters is 1. The lowest BCUT2D eigenvalue weighted by atomic mass is 9.92. The van der Waals surface area contributed by atoms with Crippen LogP contribution in [0, 0.1) is 6.92 Å². The molecule has 2 unspecified atom stereocenters. The Morgan fingerprint density at radius 1 is 1.09 bits per heavy atom. The summed E-state index contributed by atoms with van der Waals surface area (Å²) in [7, 11) is 0.648. The Labute approximate surface area is 188 Å². The maximum absolute atomic E-state index is 13.1. The molecule has 2 atom stereocenters. The van der Waals surface area contributed by atoms with Crippen molar-refractivity contribution in [2.75, 3.05) is 34.6 Å². The van der Waals surface area contributed by atoms with Gasteiger partial charge in [0.1, 0.15) is 6.73 Å². The third-order valence-electron chi connectivity index (χ3n) is 5.31. The number of methoxy groups -OCH3 is 3. The van der Waals surface area contributed by atoms with Crippen LogP contribution in [0.4, 0.5) is 0 Å². The second-order valence-corrected chi connectivity index (χ2v) is 9.25. The smallest absolute Gasteiger partial charge is 0.330 e. The highest BCUT2D eigenvalue weighted by atomic mass is 32.2. The average molecular weight is 462 g/mol. The lowest BCUT2D eigenvalue weighted by Gasteiger charge is -2.21. The number of rotatable bonds is 8. The minimum atomic E-state index is -3.72. The van der Waals surface area contributed by atoms with Gasteiger partial charge in [0, 0.05) is 18.5 Å². The van der Waals surface area contributed by atoms with E-state index in [2.05, 4.69) is 0 Å². The maximum Gasteiger partial charge on any atom is 0.330 e. The molecule has 0 N–H and O–H groups in total. The fourth-order valence-electron chi connectivity index (χ4n) is 3.49. The first-order valence-electron chi connectivity index (χ1n) is 9.96. The van der Waals surface area contributed by atoms with Crippen LogP contribution in [-0.4, -0.2) is 59.4 Å². The third-order valence-corrected chi connectivity index (χ3v) is 7.11. The molecule has 2 aromatic rings. The molecule has 0 aliphatic carbocycles. The molecule has 1 aliphatic rings. The zero-order chi connectivity index (χ0) is 23.3. The molecule has 172 valence electrons. The fourth-order valence-corrected chi connectivity index (χ4v) is 4.81. The van der Waals surface area contributed by atoms with E-state index < -0.39 is 28.0 Å². The molecule has 0 spiro atoms. The Bertz CT molecular complexity index is 1080. The lowest BCUT2D eigenvalue weighted by Crippen LogP contribution is -2.31. The van der Waals surface area contributed by atoms with Gasteiger partial charge < -0.3 is 18.9 Å². The van der Waals surface area contributed by atoms with Crippen LogP contribution >= 0.6 is 0 Å². The van der Waals surface area contributed by atoms with Gasteiger partial charge in [-0.1, -0.05) is 29.8 Å². The molecular weight excluding hydrogens is 434 g/mol. The topological polar surface area (TPSA) is 91.4 Å². The maximum atomic E-state index is 13.1. The molecule has 1 heterocycles. The van der Waals surface area contributed by atoms with Crippen molar-refractivity contribution in [3.8, 4) is 11.5 Å². The highest BCUT2D eigenvalue weighted by Crippen LogP contribution is 2.35. The summed E-state index contributed by atoms with van der Waals surface area (Å²) in [5.41, 5.74) is 1.75. The largest absolute Gasteiger partial charge is 0.493 e. The quantitative estimate of drug-likeness (QED) is 0.441. The van der Waals surface area contributed by atoms with Crippen LogP contribution in [0.25, 0.3) is 0 Å². The number of nitrogens with zero attached hydrogens (tertiary/aromatic N) is 1. The molecule has 1 saturated heterocycles. The first-order chi connectivity index (χ1) is 15.3. The molecule has 9 heteroatoms. The number of carbonyl (C=O) groups excluding carboxylic acids is 1. The molecule has 3 rings (SSSR count). The molecule has 2 aromatic carbocycles. The van der Waals surface area contributed by atoms with Crippen LogP contribution in [0.5, 0.6) is 11.5 Å². The van der Waals surface area contributed by atoms with E-state index in [1.54, 1.807) is 49.6 Å². The standard InChI is InChI=1S/C23H27NO7S/c1-16-5-8-18(9-6-16)32(26,27)24-14-22(31-15-24)19(10-12-23(25)30-4)17-7-11-20(28-2)21(13-17)29-3/h5-13,19,22H,14-15H2,1-4H3/b12-10+. The van der Waals surface area contributed by atoms with Gasteiger partial charge in [-0.05, 0) is 36.8 Å². The second-order valence-electron chi connectivity index (χ2n) is 7.31. The van der Waals surface area contributed by atoms with Crippen molar-refractivity contribution >= 4 is 16.0 Å². The number of carbonyl (C=O) groups is 1. The van der Waals surface area contributed by atoms with Gasteiger partial charge in [-0.3, -0.25) is 0 Å². The van der Waals surface area contributed by atoms with Gasteiger partial charge in [0.25, 0.3) is 0 Å². The van der Waals surface area contributed by atoms with E-state index in [1.807, 2.05) is 13.0 Å². The fraction of sp³-hybridized carbons (Fsp3) is 0.348. The van der Waals surface area contributed by atoms with Crippen molar-refractivity contribution in [1.29, 1.82) is 0 Å². The molecule has 0 saturated carbocycles. The van der Waals surface area contributed by atoms with E-state index in [4.69, 9.17) is 18.9 Å². The summed E-state index contributed by atoms with van der Waals surface area (Å²) in [4.78, 5) is 11.9. The van der Waals surface area contributed by atoms with Crippen LogP contribution in [0.1, 0.15) is 17.0 Å².